The summed E-state index contributed by atoms with van der Waals surface area (Å²) in [5, 5.41) is 8.92. The highest BCUT2D eigenvalue weighted by Crippen LogP contribution is 2.11. The van der Waals surface area contributed by atoms with Crippen LogP contribution in [0.1, 0.15) is 32.6 Å². The fourth-order valence-corrected chi connectivity index (χ4v) is 2.16. The van der Waals surface area contributed by atoms with Crippen molar-refractivity contribution in [3.8, 4) is 0 Å². The maximum Gasteiger partial charge on any atom is 0.303 e. The van der Waals surface area contributed by atoms with Gasteiger partial charge < -0.3 is 5.11 Å². The van der Waals surface area contributed by atoms with E-state index in [9.17, 15) is 9.59 Å². The predicted molar refractivity (Wildman–Crippen MR) is 74.2 cm³/mol. The minimum absolute atomic E-state index is 0.0144. The van der Waals surface area contributed by atoms with Gasteiger partial charge in [-0.15, -0.1) is 0 Å². The lowest BCUT2D eigenvalue weighted by atomic mass is 10.2. The van der Waals surface area contributed by atoms with Crippen LogP contribution >= 0.6 is 11.5 Å². The average molecular weight is 267 g/mol. The summed E-state index contributed by atoms with van der Waals surface area (Å²) in [7, 11) is 0. The summed E-state index contributed by atoms with van der Waals surface area (Å²) in [6.45, 7) is 2.06. The summed E-state index contributed by atoms with van der Waals surface area (Å²) in [4.78, 5) is 20.8. The normalized spacial score (nSPS) is 9.83. The molecule has 1 aromatic heterocycles. The summed E-state index contributed by atoms with van der Waals surface area (Å²) in [5.41, 5.74) is 0.0144. The van der Waals surface area contributed by atoms with Crippen LogP contribution in [-0.2, 0) is 4.79 Å². The summed E-state index contributed by atoms with van der Waals surface area (Å²) >= 11 is 1.38. The van der Waals surface area contributed by atoms with Gasteiger partial charge in [0.15, 0.2) is 0 Å². The van der Waals surface area contributed by atoms with E-state index in [0.29, 0.717) is 6.42 Å². The van der Waals surface area contributed by atoms with Gasteiger partial charge in [0.05, 0.1) is 10.1 Å². The molecule has 0 aliphatic heterocycles. The molecule has 0 fully saturated rings. The summed E-state index contributed by atoms with van der Waals surface area (Å²) in [6, 6.07) is 7.54. The van der Waals surface area contributed by atoms with Gasteiger partial charge in [-0.05, 0) is 18.6 Å². The quantitative estimate of drug-likeness (QED) is 0.835. The molecule has 4 nitrogen and oxygen atoms in total. The Morgan fingerprint density at radius 3 is 2.67 bits per heavy atom. The highest BCUT2D eigenvalue weighted by atomic mass is 32.1. The second-order valence-electron chi connectivity index (χ2n) is 3.88. The molecule has 2 N–H and O–H groups in total. The lowest BCUT2D eigenvalue weighted by Gasteiger charge is -1.89. The van der Waals surface area contributed by atoms with Gasteiger partial charge in [0.2, 0.25) is 0 Å². The van der Waals surface area contributed by atoms with Crippen LogP contribution in [0, 0.1) is 0 Å². The molecule has 2 aromatic rings. The number of carboxylic acids is 1. The zero-order valence-electron chi connectivity index (χ0n) is 10.3. The molecule has 98 valence electrons. The van der Waals surface area contributed by atoms with Crippen molar-refractivity contribution in [2.45, 2.75) is 32.6 Å². The Balaban J connectivity index is 0.000000187. The molecule has 0 saturated heterocycles. The molecule has 1 heterocycles. The maximum atomic E-state index is 10.9. The molecule has 0 saturated carbocycles. The molecule has 18 heavy (non-hydrogen) atoms. The van der Waals surface area contributed by atoms with E-state index in [-0.39, 0.29) is 5.56 Å². The maximum absolute atomic E-state index is 10.9. The van der Waals surface area contributed by atoms with Gasteiger partial charge in [-0.1, -0.05) is 43.4 Å². The van der Waals surface area contributed by atoms with Crippen LogP contribution in [0.15, 0.2) is 29.1 Å². The van der Waals surface area contributed by atoms with E-state index in [0.717, 1.165) is 29.3 Å². The Morgan fingerprint density at radius 1 is 1.33 bits per heavy atom. The van der Waals surface area contributed by atoms with E-state index in [1.807, 2.05) is 24.3 Å². The van der Waals surface area contributed by atoms with E-state index in [4.69, 9.17) is 5.11 Å². The van der Waals surface area contributed by atoms with Crippen molar-refractivity contribution < 1.29 is 9.90 Å². The first kappa shape index (κ1) is 14.4. The third kappa shape index (κ3) is 4.71. The van der Waals surface area contributed by atoms with Gasteiger partial charge in [0.25, 0.3) is 5.56 Å². The number of hydrogen-bond acceptors (Lipinski definition) is 3. The average Bonchev–Trinajstić information content (AvgIpc) is 2.73. The number of aliphatic carboxylic acids is 1. The Bertz CT molecular complexity index is 544. The SMILES string of the molecule is CCCCCC(=O)O.O=c1[nH]sc2ccccc12. The van der Waals surface area contributed by atoms with Gasteiger partial charge in [-0.2, -0.15) is 0 Å². The fourth-order valence-electron chi connectivity index (χ4n) is 1.43. The molecule has 0 atom stereocenters. The van der Waals surface area contributed by atoms with Crippen molar-refractivity contribution in [1.82, 2.24) is 4.37 Å². The minimum atomic E-state index is -0.682. The number of unbranched alkanes of at least 4 members (excludes halogenated alkanes) is 2. The Morgan fingerprint density at radius 2 is 2.06 bits per heavy atom. The van der Waals surface area contributed by atoms with Crippen LogP contribution in [0.5, 0.6) is 0 Å². The first-order valence-corrected chi connectivity index (χ1v) is 6.74. The number of benzene rings is 1. The van der Waals surface area contributed by atoms with Gasteiger partial charge in [0.1, 0.15) is 0 Å². The standard InChI is InChI=1S/C7H5NOS.C6H12O2/c9-7-5-3-1-2-4-6(5)10-8-7;1-2-3-4-5-6(7)8/h1-4H,(H,8,9);2-5H2,1H3,(H,7,8). The topological polar surface area (TPSA) is 70.2 Å². The number of hydrogen-bond donors (Lipinski definition) is 2. The largest absolute Gasteiger partial charge is 0.481 e. The number of aromatic nitrogens is 1. The van der Waals surface area contributed by atoms with E-state index >= 15 is 0 Å². The lowest BCUT2D eigenvalue weighted by Crippen LogP contribution is -1.94. The molecule has 2 rings (SSSR count). The fraction of sp³-hybridized carbons (Fsp3) is 0.385. The Kier molecular flexibility index (Phi) is 6.14. The molecular formula is C13H17NO3S. The molecule has 0 aliphatic rings. The Hall–Kier alpha value is -1.62. The summed E-state index contributed by atoms with van der Waals surface area (Å²) in [6.07, 6.45) is 3.28. The minimum Gasteiger partial charge on any atom is -0.481 e. The molecule has 0 amide bonds. The van der Waals surface area contributed by atoms with Crippen LogP contribution in [-0.4, -0.2) is 15.4 Å². The van der Waals surface area contributed by atoms with E-state index < -0.39 is 5.97 Å². The molecular weight excluding hydrogens is 250 g/mol. The van der Waals surface area contributed by atoms with E-state index in [2.05, 4.69) is 11.3 Å². The van der Waals surface area contributed by atoms with Crippen molar-refractivity contribution in [1.29, 1.82) is 0 Å². The van der Waals surface area contributed by atoms with Crippen LogP contribution < -0.4 is 5.56 Å². The molecule has 0 bridgehead atoms. The van der Waals surface area contributed by atoms with Crippen LogP contribution in [0.4, 0.5) is 0 Å². The van der Waals surface area contributed by atoms with Crippen molar-refractivity contribution >= 4 is 27.6 Å². The second-order valence-corrected chi connectivity index (χ2v) is 4.73. The first-order valence-electron chi connectivity index (χ1n) is 5.93. The highest BCUT2D eigenvalue weighted by Gasteiger charge is 1.96. The molecule has 5 heteroatoms. The summed E-state index contributed by atoms with van der Waals surface area (Å²) < 4.78 is 3.68. The number of carbonyl (C=O) groups is 1. The van der Waals surface area contributed by atoms with Gasteiger partial charge >= 0.3 is 5.97 Å². The molecule has 0 aliphatic carbocycles. The van der Waals surface area contributed by atoms with Crippen molar-refractivity contribution in [2.24, 2.45) is 0 Å². The van der Waals surface area contributed by atoms with Crippen LogP contribution in [0.3, 0.4) is 0 Å². The van der Waals surface area contributed by atoms with E-state index in [1.54, 1.807) is 0 Å². The first-order chi connectivity index (χ1) is 8.65. The number of H-pyrrole nitrogens is 1. The third-order valence-electron chi connectivity index (χ3n) is 2.38. The number of rotatable bonds is 4. The van der Waals surface area contributed by atoms with E-state index in [1.165, 1.54) is 11.5 Å². The molecule has 0 spiro atoms. The molecule has 1 aromatic carbocycles. The number of nitrogens with one attached hydrogen (secondary N) is 1. The van der Waals surface area contributed by atoms with Crippen molar-refractivity contribution in [2.75, 3.05) is 0 Å². The lowest BCUT2D eigenvalue weighted by molar-refractivity contribution is -0.137. The number of carboxylic acid groups (broad SMARTS) is 1. The van der Waals surface area contributed by atoms with Gasteiger partial charge in [0, 0.05) is 6.42 Å². The van der Waals surface area contributed by atoms with Gasteiger partial charge in [-0.3, -0.25) is 14.0 Å². The monoisotopic (exact) mass is 267 g/mol. The van der Waals surface area contributed by atoms with Crippen molar-refractivity contribution in [3.63, 3.8) is 0 Å². The predicted octanol–water partition coefficient (Wildman–Crippen LogP) is 3.24. The third-order valence-corrected chi connectivity index (χ3v) is 3.24. The molecule has 0 unspecified atom stereocenters. The van der Waals surface area contributed by atoms with Crippen LogP contribution in [0.25, 0.3) is 10.1 Å². The highest BCUT2D eigenvalue weighted by molar-refractivity contribution is 7.13. The van der Waals surface area contributed by atoms with Crippen LogP contribution in [0.2, 0.25) is 0 Å². The van der Waals surface area contributed by atoms with Crippen molar-refractivity contribution in [3.05, 3.63) is 34.6 Å². The molecule has 0 radical (unpaired) electrons. The number of aromatic amines is 1. The second kappa shape index (κ2) is 7.66. The smallest absolute Gasteiger partial charge is 0.303 e. The Labute approximate surface area is 109 Å². The number of fused-ring (bicyclic) bond motifs is 1. The zero-order chi connectivity index (χ0) is 13.4. The van der Waals surface area contributed by atoms with Gasteiger partial charge in [-0.25, -0.2) is 0 Å². The zero-order valence-corrected chi connectivity index (χ0v) is 11.1. The summed E-state index contributed by atoms with van der Waals surface area (Å²) in [5.74, 6) is -0.682.